The van der Waals surface area contributed by atoms with Gasteiger partial charge in [0.25, 0.3) is 0 Å². The first kappa shape index (κ1) is 21.0. The normalized spacial score (nSPS) is 22.2. The van der Waals surface area contributed by atoms with E-state index in [1.807, 2.05) is 36.4 Å². The van der Waals surface area contributed by atoms with Crippen molar-refractivity contribution >= 4 is 8.32 Å². The van der Waals surface area contributed by atoms with Crippen LogP contribution in [0.4, 0.5) is 0 Å². The van der Waals surface area contributed by atoms with E-state index in [4.69, 9.17) is 4.43 Å². The van der Waals surface area contributed by atoms with Gasteiger partial charge >= 0.3 is 0 Å². The Kier molecular flexibility index (Phi) is 6.59. The number of aliphatic hydroxyl groups excluding tert-OH is 1. The molecule has 0 aromatic heterocycles. The topological polar surface area (TPSA) is 29.5 Å². The molecule has 1 aliphatic heterocycles. The van der Waals surface area contributed by atoms with E-state index in [0.29, 0.717) is 0 Å². The van der Waals surface area contributed by atoms with Crippen LogP contribution in [0.25, 0.3) is 0 Å². The van der Waals surface area contributed by atoms with Crippen LogP contribution in [0.2, 0.25) is 13.1 Å². The van der Waals surface area contributed by atoms with Crippen LogP contribution in [-0.4, -0.2) is 19.5 Å². The van der Waals surface area contributed by atoms with E-state index >= 15 is 0 Å². The smallest absolute Gasteiger partial charge is 0.218 e. The fourth-order valence-corrected chi connectivity index (χ4v) is 7.99. The molecule has 1 fully saturated rings. The van der Waals surface area contributed by atoms with Gasteiger partial charge in [0.1, 0.15) is 11.7 Å². The standard InChI is InChI=1S/C25H34O2Si/c1-5-6-7-10-15-20(2)23-24(26)25(27-28(23,3)4,21-16-11-8-12-17-21)22-18-13-9-14-19-22/h8-9,11-14,16-19,24,26H,5-7,10,15H2,1-4H3/b23-20-. The molecule has 1 N–H and O–H groups in total. The average molecular weight is 395 g/mol. The monoisotopic (exact) mass is 394 g/mol. The average Bonchev–Trinajstić information content (AvgIpc) is 2.93. The summed E-state index contributed by atoms with van der Waals surface area (Å²) in [6, 6.07) is 20.5. The van der Waals surface area contributed by atoms with Gasteiger partial charge in [0.2, 0.25) is 8.32 Å². The fourth-order valence-electron chi connectivity index (χ4n) is 4.72. The summed E-state index contributed by atoms with van der Waals surface area (Å²) in [5.74, 6) is 0. The number of hydrogen-bond acceptors (Lipinski definition) is 2. The Morgan fingerprint density at radius 1 is 0.929 bits per heavy atom. The van der Waals surface area contributed by atoms with Crippen molar-refractivity contribution in [3.8, 4) is 0 Å². The molecule has 3 heteroatoms. The van der Waals surface area contributed by atoms with Crippen LogP contribution < -0.4 is 0 Å². The number of rotatable bonds is 7. The van der Waals surface area contributed by atoms with Gasteiger partial charge in [-0.3, -0.25) is 0 Å². The predicted octanol–water partition coefficient (Wildman–Crippen LogP) is 6.35. The van der Waals surface area contributed by atoms with Gasteiger partial charge in [-0.2, -0.15) is 0 Å². The Morgan fingerprint density at radius 3 is 1.96 bits per heavy atom. The molecule has 3 rings (SSSR count). The minimum absolute atomic E-state index is 0.648. The molecule has 0 spiro atoms. The summed E-state index contributed by atoms with van der Waals surface area (Å²) >= 11 is 0. The summed E-state index contributed by atoms with van der Waals surface area (Å²) in [7, 11) is -2.24. The van der Waals surface area contributed by atoms with Crippen molar-refractivity contribution in [1.82, 2.24) is 0 Å². The number of aliphatic hydroxyl groups is 1. The maximum Gasteiger partial charge on any atom is 0.218 e. The van der Waals surface area contributed by atoms with Gasteiger partial charge in [0.15, 0.2) is 0 Å². The Hall–Kier alpha value is -1.68. The van der Waals surface area contributed by atoms with Gasteiger partial charge in [-0.15, -0.1) is 0 Å². The number of unbranched alkanes of at least 4 members (excludes halogenated alkanes) is 3. The molecule has 0 saturated carbocycles. The molecule has 1 heterocycles. The summed E-state index contributed by atoms with van der Waals surface area (Å²) in [4.78, 5) is 0. The third-order valence-corrected chi connectivity index (χ3v) is 8.82. The van der Waals surface area contributed by atoms with Gasteiger partial charge in [0, 0.05) is 0 Å². The van der Waals surface area contributed by atoms with Crippen LogP contribution in [0.5, 0.6) is 0 Å². The first-order valence-corrected chi connectivity index (χ1v) is 13.5. The highest BCUT2D eigenvalue weighted by molar-refractivity contribution is 6.79. The van der Waals surface area contributed by atoms with Crippen LogP contribution in [-0.2, 0) is 10.0 Å². The highest BCUT2D eigenvalue weighted by atomic mass is 28.4. The number of allylic oxidation sites excluding steroid dienone is 1. The lowest BCUT2D eigenvalue weighted by Crippen LogP contribution is -2.39. The Morgan fingerprint density at radius 2 is 1.46 bits per heavy atom. The van der Waals surface area contributed by atoms with Gasteiger partial charge in [-0.25, -0.2) is 0 Å². The second-order valence-electron chi connectivity index (χ2n) is 8.49. The van der Waals surface area contributed by atoms with Crippen molar-refractivity contribution in [2.24, 2.45) is 0 Å². The van der Waals surface area contributed by atoms with Crippen LogP contribution in [0.1, 0.15) is 57.1 Å². The van der Waals surface area contributed by atoms with E-state index in [1.54, 1.807) is 0 Å². The van der Waals surface area contributed by atoms with Crippen molar-refractivity contribution in [3.63, 3.8) is 0 Å². The van der Waals surface area contributed by atoms with Crippen molar-refractivity contribution in [2.75, 3.05) is 0 Å². The maximum absolute atomic E-state index is 11.8. The third-order valence-electron chi connectivity index (χ3n) is 5.99. The molecule has 1 atom stereocenters. The molecule has 28 heavy (non-hydrogen) atoms. The zero-order valence-electron chi connectivity index (χ0n) is 17.7. The summed E-state index contributed by atoms with van der Waals surface area (Å²) < 4.78 is 6.91. The predicted molar refractivity (Wildman–Crippen MR) is 120 cm³/mol. The minimum Gasteiger partial charge on any atom is -0.397 e. The largest absolute Gasteiger partial charge is 0.397 e. The zero-order chi connectivity index (χ0) is 20.2. The summed E-state index contributed by atoms with van der Waals surface area (Å²) in [6.07, 6.45) is 5.36. The lowest BCUT2D eigenvalue weighted by Gasteiger charge is -2.35. The molecule has 0 radical (unpaired) electrons. The SMILES string of the molecule is CCCCCC/C(C)=C1/C(O)C(c2ccccc2)(c2ccccc2)O[Si]1(C)C. The van der Waals surface area contributed by atoms with Crippen LogP contribution in [0, 0.1) is 0 Å². The molecule has 0 amide bonds. The molecule has 2 nitrogen and oxygen atoms in total. The van der Waals surface area contributed by atoms with E-state index in [9.17, 15) is 5.11 Å². The van der Waals surface area contributed by atoms with Crippen LogP contribution >= 0.6 is 0 Å². The highest BCUT2D eigenvalue weighted by Gasteiger charge is 2.58. The summed E-state index contributed by atoms with van der Waals surface area (Å²) in [5.41, 5.74) is 2.57. The lowest BCUT2D eigenvalue weighted by atomic mass is 9.80. The minimum atomic E-state index is -2.24. The molecule has 0 aliphatic carbocycles. The quantitative estimate of drug-likeness (QED) is 0.438. The second-order valence-corrected chi connectivity index (χ2v) is 12.3. The van der Waals surface area contributed by atoms with Gasteiger partial charge in [-0.05, 0) is 49.2 Å². The molecule has 1 unspecified atom stereocenters. The van der Waals surface area contributed by atoms with E-state index in [-0.39, 0.29) is 0 Å². The molecular weight excluding hydrogens is 360 g/mol. The maximum atomic E-state index is 11.8. The molecule has 1 saturated heterocycles. The molecule has 2 aromatic rings. The number of benzene rings is 2. The third kappa shape index (κ3) is 3.89. The molecule has 0 bridgehead atoms. The summed E-state index contributed by atoms with van der Waals surface area (Å²) in [5, 5.41) is 12.9. The lowest BCUT2D eigenvalue weighted by molar-refractivity contribution is 0.0157. The van der Waals surface area contributed by atoms with Crippen LogP contribution in [0.3, 0.4) is 0 Å². The Bertz CT molecular complexity index is 756. The van der Waals surface area contributed by atoms with E-state index in [2.05, 4.69) is 51.2 Å². The molecule has 2 aromatic carbocycles. The van der Waals surface area contributed by atoms with Gasteiger partial charge < -0.3 is 9.53 Å². The zero-order valence-corrected chi connectivity index (χ0v) is 18.7. The van der Waals surface area contributed by atoms with E-state index < -0.39 is 20.0 Å². The number of hydrogen-bond donors (Lipinski definition) is 1. The summed E-state index contributed by atoms with van der Waals surface area (Å²) in [6.45, 7) is 8.90. The first-order valence-electron chi connectivity index (χ1n) is 10.6. The van der Waals surface area contributed by atoms with Crippen molar-refractivity contribution in [2.45, 2.75) is 70.8 Å². The van der Waals surface area contributed by atoms with Crippen LogP contribution in [0.15, 0.2) is 71.4 Å². The van der Waals surface area contributed by atoms with Crippen molar-refractivity contribution < 1.29 is 9.53 Å². The van der Waals surface area contributed by atoms with Crippen molar-refractivity contribution in [1.29, 1.82) is 0 Å². The Labute approximate surface area is 171 Å². The van der Waals surface area contributed by atoms with Gasteiger partial charge in [0.05, 0.1) is 0 Å². The van der Waals surface area contributed by atoms with E-state index in [0.717, 1.165) is 17.5 Å². The Balaban J connectivity index is 2.08. The molecular formula is C25H34O2Si. The van der Waals surface area contributed by atoms with Gasteiger partial charge in [-0.1, -0.05) is 92.4 Å². The first-order chi connectivity index (χ1) is 13.4. The molecule has 150 valence electrons. The van der Waals surface area contributed by atoms with Crippen molar-refractivity contribution in [3.05, 3.63) is 82.6 Å². The van der Waals surface area contributed by atoms with E-state index in [1.165, 1.54) is 36.5 Å². The fraction of sp³-hybridized carbons (Fsp3) is 0.440. The molecule has 1 aliphatic rings. The highest BCUT2D eigenvalue weighted by Crippen LogP contribution is 2.51. The second kappa shape index (κ2) is 8.77.